The van der Waals surface area contributed by atoms with Crippen LogP contribution in [0.2, 0.25) is 0 Å². The normalized spacial score (nSPS) is 9.41. The van der Waals surface area contributed by atoms with Crippen LogP contribution in [0.25, 0.3) is 0 Å². The van der Waals surface area contributed by atoms with E-state index in [-0.39, 0.29) is 24.7 Å². The molecule has 14 nitrogen and oxygen atoms in total. The third-order valence-corrected chi connectivity index (χ3v) is 6.23. The van der Waals surface area contributed by atoms with Crippen LogP contribution in [0.5, 0.6) is 34.5 Å². The van der Waals surface area contributed by atoms with Crippen LogP contribution >= 0.6 is 0 Å². The minimum absolute atomic E-state index is 0.144. The Balaban J connectivity index is 0.000000297. The Morgan fingerprint density at radius 3 is 0.833 bits per heavy atom. The smallest absolute Gasteiger partial charge is 0.390 e. The zero-order valence-corrected chi connectivity index (χ0v) is 29.4. The highest BCUT2D eigenvalue weighted by Gasteiger charge is 2.10. The molecule has 54 heavy (non-hydrogen) atoms. The molecule has 0 atom stereocenters. The molecule has 0 fully saturated rings. The van der Waals surface area contributed by atoms with Gasteiger partial charge in [-0.05, 0) is 111 Å². The summed E-state index contributed by atoms with van der Waals surface area (Å²) in [5, 5.41) is 0. The molecule has 0 unspecified atom stereocenters. The van der Waals surface area contributed by atoms with Crippen molar-refractivity contribution >= 4 is 35.8 Å². The second-order valence-corrected chi connectivity index (χ2v) is 9.90. The molecule has 4 aromatic carbocycles. The number of esters is 6. The van der Waals surface area contributed by atoms with E-state index >= 15 is 0 Å². The van der Waals surface area contributed by atoms with Gasteiger partial charge in [0, 0.05) is 23.7 Å². The minimum atomic E-state index is -0.978. The summed E-state index contributed by atoms with van der Waals surface area (Å²) in [6, 6.07) is 24.1. The second kappa shape index (κ2) is 21.6. The van der Waals surface area contributed by atoms with Crippen LogP contribution < -0.4 is 28.4 Å². The highest BCUT2D eigenvalue weighted by Crippen LogP contribution is 2.18. The monoisotopic (exact) mass is 736 g/mol. The Labute approximate surface area is 309 Å². The van der Waals surface area contributed by atoms with Crippen LogP contribution in [0.15, 0.2) is 97.1 Å². The molecule has 0 radical (unpaired) electrons. The topological polar surface area (TPSA) is 176 Å². The first-order valence-electron chi connectivity index (χ1n) is 15.8. The number of carbonyl (C=O) groups is 6. The molecule has 0 saturated carbocycles. The molecule has 0 heterocycles. The maximum atomic E-state index is 11.7. The van der Waals surface area contributed by atoms with Gasteiger partial charge in [-0.3, -0.25) is 0 Å². The fourth-order valence-corrected chi connectivity index (χ4v) is 3.77. The van der Waals surface area contributed by atoms with Gasteiger partial charge in [0.15, 0.2) is 0 Å². The highest BCUT2D eigenvalue weighted by atomic mass is 16.6. The van der Waals surface area contributed by atoms with E-state index in [1.54, 1.807) is 62.4 Å². The molecular weight excluding hydrogens is 704 g/mol. The van der Waals surface area contributed by atoms with Gasteiger partial charge in [-0.25, -0.2) is 28.8 Å². The molecule has 0 aliphatic carbocycles. The van der Waals surface area contributed by atoms with Crippen molar-refractivity contribution in [3.63, 3.8) is 0 Å². The van der Waals surface area contributed by atoms with E-state index in [4.69, 9.17) is 37.9 Å². The quantitative estimate of drug-likeness (QED) is 0.0942. The maximum Gasteiger partial charge on any atom is 0.390 e. The van der Waals surface area contributed by atoms with Crippen molar-refractivity contribution in [2.24, 2.45) is 0 Å². The van der Waals surface area contributed by atoms with Gasteiger partial charge in [-0.15, -0.1) is 0 Å². The first-order chi connectivity index (χ1) is 26.0. The first kappa shape index (κ1) is 40.8. The molecule has 0 bridgehead atoms. The van der Waals surface area contributed by atoms with E-state index in [9.17, 15) is 28.8 Å². The minimum Gasteiger partial charge on any atom is -0.497 e. The van der Waals surface area contributed by atoms with E-state index in [2.05, 4.69) is 11.8 Å². The van der Waals surface area contributed by atoms with Crippen LogP contribution in [0, 0.1) is 23.7 Å². The second-order valence-electron chi connectivity index (χ2n) is 9.90. The molecule has 0 aliphatic heterocycles. The molecular formula is C40H32O14. The number of carbonyl (C=O) groups excluding carboxylic acids is 6. The van der Waals surface area contributed by atoms with Crippen molar-refractivity contribution in [3.05, 3.63) is 108 Å². The number of methoxy groups -OCH3 is 2. The number of ether oxygens (including phenoxy) is 8. The maximum absolute atomic E-state index is 11.7. The Kier molecular flexibility index (Phi) is 16.3. The van der Waals surface area contributed by atoms with Gasteiger partial charge in [0.2, 0.25) is 0 Å². The predicted molar refractivity (Wildman–Crippen MR) is 189 cm³/mol. The summed E-state index contributed by atoms with van der Waals surface area (Å²) < 4.78 is 39.5. The van der Waals surface area contributed by atoms with E-state index in [1.165, 1.54) is 62.8 Å². The van der Waals surface area contributed by atoms with Gasteiger partial charge in [0.05, 0.1) is 38.6 Å². The third-order valence-electron chi connectivity index (χ3n) is 6.23. The molecule has 0 N–H and O–H groups in total. The molecule has 4 aromatic rings. The summed E-state index contributed by atoms with van der Waals surface area (Å²) in [7, 11) is 3.06. The molecule has 276 valence electrons. The largest absolute Gasteiger partial charge is 0.497 e. The Morgan fingerprint density at radius 1 is 0.389 bits per heavy atom. The van der Waals surface area contributed by atoms with Crippen molar-refractivity contribution < 1.29 is 66.7 Å². The zero-order chi connectivity index (χ0) is 39.3. The SMILES string of the molecule is CCOC(=O)c1ccc(OC(=O)C#CC(=O)Oc2ccc(C(=O)OCC)cc2)cc1.COc1ccc(OC(=O)C#CC(=O)Oc2ccc(OC)cc2)cc1. The Bertz CT molecular complexity index is 1900. The molecule has 14 heteroatoms. The van der Waals surface area contributed by atoms with Gasteiger partial charge in [-0.1, -0.05) is 0 Å². The summed E-state index contributed by atoms with van der Waals surface area (Å²) in [5.41, 5.74) is 0.612. The van der Waals surface area contributed by atoms with Crippen molar-refractivity contribution in [1.29, 1.82) is 0 Å². The van der Waals surface area contributed by atoms with E-state index in [0.29, 0.717) is 34.1 Å². The lowest BCUT2D eigenvalue weighted by atomic mass is 10.2. The van der Waals surface area contributed by atoms with E-state index < -0.39 is 35.8 Å². The lowest BCUT2D eigenvalue weighted by Gasteiger charge is -2.03. The van der Waals surface area contributed by atoms with Crippen LogP contribution in [-0.2, 0) is 28.7 Å². The van der Waals surface area contributed by atoms with Gasteiger partial charge < -0.3 is 37.9 Å². The third kappa shape index (κ3) is 14.3. The summed E-state index contributed by atoms with van der Waals surface area (Å²) >= 11 is 0. The Morgan fingerprint density at radius 2 is 0.611 bits per heavy atom. The highest BCUT2D eigenvalue weighted by molar-refractivity contribution is 6.00. The summed E-state index contributed by atoms with van der Waals surface area (Å²) in [5.74, 6) is 5.58. The standard InChI is InChI=1S/C22H18O8.C18H14O6/c1-3-27-21(25)15-5-9-17(10-6-15)29-19(23)13-14-20(24)30-18-11-7-16(8-12-18)22(26)28-4-2;1-21-13-3-7-15(8-4-13)23-17(19)11-12-18(20)24-16-9-5-14(22-2)6-10-16/h5-12H,3-4H2,1-2H3;3-10H,1-2H3. The molecule has 0 aliphatic rings. The van der Waals surface area contributed by atoms with Crippen molar-refractivity contribution in [2.75, 3.05) is 27.4 Å². The average molecular weight is 737 g/mol. The van der Waals surface area contributed by atoms with Crippen LogP contribution in [0.1, 0.15) is 34.6 Å². The van der Waals surface area contributed by atoms with Crippen molar-refractivity contribution in [2.45, 2.75) is 13.8 Å². The number of hydrogen-bond acceptors (Lipinski definition) is 14. The summed E-state index contributed by atoms with van der Waals surface area (Å²) in [6.07, 6.45) is 0. The average Bonchev–Trinajstić information content (AvgIpc) is 3.18. The van der Waals surface area contributed by atoms with Crippen LogP contribution in [0.3, 0.4) is 0 Å². The van der Waals surface area contributed by atoms with Gasteiger partial charge in [0.1, 0.15) is 34.5 Å². The fourth-order valence-electron chi connectivity index (χ4n) is 3.77. The molecule has 0 saturated heterocycles. The fraction of sp³-hybridized carbons (Fsp3) is 0.150. The van der Waals surface area contributed by atoms with E-state index in [0.717, 1.165) is 0 Å². The molecule has 0 aromatic heterocycles. The summed E-state index contributed by atoms with van der Waals surface area (Å²) in [4.78, 5) is 69.7. The number of rotatable bonds is 10. The lowest BCUT2D eigenvalue weighted by molar-refractivity contribution is -0.130. The lowest BCUT2D eigenvalue weighted by Crippen LogP contribution is -2.09. The first-order valence-corrected chi connectivity index (χ1v) is 15.8. The molecule has 0 spiro atoms. The van der Waals surface area contributed by atoms with Crippen LogP contribution in [0.4, 0.5) is 0 Å². The molecule has 4 rings (SSSR count). The summed E-state index contributed by atoms with van der Waals surface area (Å²) in [6.45, 7) is 3.88. The van der Waals surface area contributed by atoms with Crippen LogP contribution in [-0.4, -0.2) is 63.2 Å². The van der Waals surface area contributed by atoms with Crippen molar-refractivity contribution in [1.82, 2.24) is 0 Å². The van der Waals surface area contributed by atoms with E-state index in [1.807, 2.05) is 11.8 Å². The number of benzene rings is 4. The number of hydrogen-bond donors (Lipinski definition) is 0. The predicted octanol–water partition coefficient (Wildman–Crippen LogP) is 4.77. The Hall–Kier alpha value is -7.58. The van der Waals surface area contributed by atoms with Gasteiger partial charge >= 0.3 is 35.8 Å². The van der Waals surface area contributed by atoms with Gasteiger partial charge in [0.25, 0.3) is 0 Å². The van der Waals surface area contributed by atoms with Crippen molar-refractivity contribution in [3.8, 4) is 58.2 Å². The zero-order valence-electron chi connectivity index (χ0n) is 29.4. The van der Waals surface area contributed by atoms with Gasteiger partial charge in [-0.2, -0.15) is 0 Å². The molecule has 0 amide bonds.